The highest BCUT2D eigenvalue weighted by molar-refractivity contribution is 8.18. The Labute approximate surface area is 217 Å². The van der Waals surface area contributed by atoms with Gasteiger partial charge in [-0.25, -0.2) is 4.79 Å². The average molecular weight is 526 g/mol. The first-order chi connectivity index (χ1) is 17.3. The summed E-state index contributed by atoms with van der Waals surface area (Å²) in [6.45, 7) is 1.79. The van der Waals surface area contributed by atoms with E-state index in [1.165, 1.54) is 18.2 Å². The van der Waals surface area contributed by atoms with Gasteiger partial charge in [-0.1, -0.05) is 43.1 Å². The summed E-state index contributed by atoms with van der Waals surface area (Å²) in [7, 11) is 1.91. The molecule has 186 valence electrons. The van der Waals surface area contributed by atoms with Crippen molar-refractivity contribution in [3.63, 3.8) is 0 Å². The standard InChI is InChI=1S/C26H24ClN3O5S/c1-3-4-11-35-25(33)19-13-17(9-10-20(19)27)28-23(31)15-30-24(32)22(36-26(30)34)12-16-14-29(2)21-8-6-5-7-18(16)21/h5-10,12-14H,3-4,11,15H2,1-2H3,(H,28,31)/b22-12+. The number of thioether (sulfide) groups is 1. The third-order valence-electron chi connectivity index (χ3n) is 5.59. The second kappa shape index (κ2) is 11.0. The number of amides is 3. The van der Waals surface area contributed by atoms with Gasteiger partial charge < -0.3 is 14.6 Å². The fourth-order valence-corrected chi connectivity index (χ4v) is 4.78. The normalized spacial score (nSPS) is 14.6. The number of carbonyl (C=O) groups excluding carboxylic acids is 4. The molecule has 1 aliphatic heterocycles. The van der Waals surface area contributed by atoms with Crippen LogP contribution in [0.15, 0.2) is 53.6 Å². The van der Waals surface area contributed by atoms with Crippen molar-refractivity contribution in [2.45, 2.75) is 19.8 Å². The predicted octanol–water partition coefficient (Wildman–Crippen LogP) is 5.46. The third-order valence-corrected chi connectivity index (χ3v) is 6.83. The number of ether oxygens (including phenoxy) is 1. The first-order valence-corrected chi connectivity index (χ1v) is 12.5. The third kappa shape index (κ3) is 5.47. The minimum Gasteiger partial charge on any atom is -0.462 e. The smallest absolute Gasteiger partial charge is 0.339 e. The van der Waals surface area contributed by atoms with Crippen LogP contribution in [0.5, 0.6) is 0 Å². The summed E-state index contributed by atoms with van der Waals surface area (Å²) in [5, 5.41) is 3.23. The first kappa shape index (κ1) is 25.5. The van der Waals surface area contributed by atoms with E-state index in [1.807, 2.05) is 49.0 Å². The lowest BCUT2D eigenvalue weighted by molar-refractivity contribution is -0.127. The van der Waals surface area contributed by atoms with Crippen molar-refractivity contribution in [3.8, 4) is 0 Å². The number of aryl methyl sites for hydroxylation is 1. The Hall–Kier alpha value is -3.56. The molecule has 1 aliphatic rings. The highest BCUT2D eigenvalue weighted by Gasteiger charge is 2.36. The van der Waals surface area contributed by atoms with E-state index >= 15 is 0 Å². The lowest BCUT2D eigenvalue weighted by Gasteiger charge is -2.13. The van der Waals surface area contributed by atoms with Crippen molar-refractivity contribution in [2.24, 2.45) is 7.05 Å². The van der Waals surface area contributed by atoms with Crippen LogP contribution in [0.4, 0.5) is 10.5 Å². The van der Waals surface area contributed by atoms with Gasteiger partial charge in [0.1, 0.15) is 6.54 Å². The molecule has 0 saturated carbocycles. The summed E-state index contributed by atoms with van der Waals surface area (Å²) in [5.74, 6) is -1.71. The number of fused-ring (bicyclic) bond motifs is 1. The maximum absolute atomic E-state index is 12.9. The number of unbranched alkanes of at least 4 members (excludes halogenated alkanes) is 1. The van der Waals surface area contributed by atoms with Gasteiger partial charge in [0, 0.05) is 35.4 Å². The van der Waals surface area contributed by atoms with Crippen LogP contribution in [0, 0.1) is 0 Å². The Kier molecular flexibility index (Phi) is 7.81. The zero-order valence-electron chi connectivity index (χ0n) is 19.7. The number of anilines is 1. The lowest BCUT2D eigenvalue weighted by atomic mass is 10.1. The van der Waals surface area contributed by atoms with Gasteiger partial charge in [0.25, 0.3) is 11.1 Å². The van der Waals surface area contributed by atoms with Crippen LogP contribution in [-0.2, 0) is 21.4 Å². The predicted molar refractivity (Wildman–Crippen MR) is 141 cm³/mol. The molecule has 1 aromatic heterocycles. The van der Waals surface area contributed by atoms with Gasteiger partial charge in [0.15, 0.2) is 0 Å². The van der Waals surface area contributed by atoms with Crippen molar-refractivity contribution in [1.82, 2.24) is 9.47 Å². The molecule has 3 amide bonds. The number of aromatic nitrogens is 1. The molecule has 3 aromatic rings. The maximum Gasteiger partial charge on any atom is 0.339 e. The molecule has 36 heavy (non-hydrogen) atoms. The molecule has 4 rings (SSSR count). The number of halogens is 1. The highest BCUT2D eigenvalue weighted by atomic mass is 35.5. The Morgan fingerprint density at radius 3 is 2.72 bits per heavy atom. The average Bonchev–Trinajstić information content (AvgIpc) is 3.31. The van der Waals surface area contributed by atoms with E-state index in [9.17, 15) is 19.2 Å². The molecule has 0 aliphatic carbocycles. The van der Waals surface area contributed by atoms with Crippen molar-refractivity contribution in [1.29, 1.82) is 0 Å². The number of imide groups is 1. The molecular weight excluding hydrogens is 502 g/mol. The monoisotopic (exact) mass is 525 g/mol. The van der Waals surface area contributed by atoms with Gasteiger partial charge >= 0.3 is 5.97 Å². The number of rotatable bonds is 8. The fraction of sp³-hybridized carbons (Fsp3) is 0.231. The molecule has 0 spiro atoms. The van der Waals surface area contributed by atoms with Crippen LogP contribution >= 0.6 is 23.4 Å². The van der Waals surface area contributed by atoms with Crippen molar-refractivity contribution in [2.75, 3.05) is 18.5 Å². The van der Waals surface area contributed by atoms with Crippen molar-refractivity contribution in [3.05, 3.63) is 69.7 Å². The molecule has 2 aromatic carbocycles. The van der Waals surface area contributed by atoms with Gasteiger partial charge in [-0.2, -0.15) is 0 Å². The van der Waals surface area contributed by atoms with E-state index in [0.717, 1.165) is 46.0 Å². The van der Waals surface area contributed by atoms with Crippen LogP contribution < -0.4 is 5.32 Å². The molecule has 0 atom stereocenters. The second-order valence-corrected chi connectivity index (χ2v) is 9.61. The summed E-state index contributed by atoms with van der Waals surface area (Å²) in [6, 6.07) is 12.1. The Morgan fingerprint density at radius 1 is 1.17 bits per heavy atom. The fourth-order valence-electron chi connectivity index (χ4n) is 3.76. The molecule has 1 N–H and O–H groups in total. The molecule has 8 nitrogen and oxygen atoms in total. The Balaban J connectivity index is 1.45. The molecule has 0 unspecified atom stereocenters. The summed E-state index contributed by atoms with van der Waals surface area (Å²) in [6.07, 6.45) is 5.16. The molecule has 0 bridgehead atoms. The van der Waals surface area contributed by atoms with E-state index in [1.54, 1.807) is 6.08 Å². The van der Waals surface area contributed by atoms with E-state index < -0.39 is 29.6 Å². The summed E-state index contributed by atoms with van der Waals surface area (Å²) >= 11 is 6.91. The highest BCUT2D eigenvalue weighted by Crippen LogP contribution is 2.34. The van der Waals surface area contributed by atoms with Crippen molar-refractivity contribution < 1.29 is 23.9 Å². The molecule has 0 radical (unpaired) electrons. The largest absolute Gasteiger partial charge is 0.462 e. The van der Waals surface area contributed by atoms with Gasteiger partial charge in [-0.15, -0.1) is 0 Å². The number of hydrogen-bond acceptors (Lipinski definition) is 6. The van der Waals surface area contributed by atoms with Gasteiger partial charge in [-0.05, 0) is 48.5 Å². The van der Waals surface area contributed by atoms with Crippen molar-refractivity contribution >= 4 is 69.1 Å². The van der Waals surface area contributed by atoms with E-state index in [-0.39, 0.29) is 22.1 Å². The van der Waals surface area contributed by atoms with Crippen LogP contribution in [-0.4, -0.2) is 45.6 Å². The number of esters is 1. The zero-order valence-corrected chi connectivity index (χ0v) is 21.3. The number of para-hydroxylation sites is 1. The molecule has 10 heteroatoms. The maximum atomic E-state index is 12.9. The Morgan fingerprint density at radius 2 is 1.94 bits per heavy atom. The Bertz CT molecular complexity index is 1400. The lowest BCUT2D eigenvalue weighted by Crippen LogP contribution is -2.36. The second-order valence-electron chi connectivity index (χ2n) is 8.21. The number of nitrogens with zero attached hydrogens (tertiary/aromatic N) is 2. The SMILES string of the molecule is CCCCOC(=O)c1cc(NC(=O)CN2C(=O)S/C(=C/c3cn(C)c4ccccc34)C2=O)ccc1Cl. The molecular formula is C26H24ClN3O5S. The molecule has 1 saturated heterocycles. The minimum atomic E-state index is -0.589. The van der Waals surface area contributed by atoms with Crippen LogP contribution in [0.25, 0.3) is 17.0 Å². The van der Waals surface area contributed by atoms with Gasteiger partial charge in [-0.3, -0.25) is 19.3 Å². The van der Waals surface area contributed by atoms with Gasteiger partial charge in [0.05, 0.1) is 22.1 Å². The minimum absolute atomic E-state index is 0.120. The first-order valence-electron chi connectivity index (χ1n) is 11.3. The van der Waals surface area contributed by atoms with E-state index in [2.05, 4.69) is 5.32 Å². The number of hydrogen-bond donors (Lipinski definition) is 1. The van der Waals surface area contributed by atoms with E-state index in [4.69, 9.17) is 16.3 Å². The number of benzene rings is 2. The topological polar surface area (TPSA) is 97.7 Å². The summed E-state index contributed by atoms with van der Waals surface area (Å²) in [5.41, 5.74) is 2.22. The van der Waals surface area contributed by atoms with Crippen LogP contribution in [0.1, 0.15) is 35.7 Å². The number of carbonyl (C=O) groups is 4. The quantitative estimate of drug-likeness (QED) is 0.238. The van der Waals surface area contributed by atoms with Crippen LogP contribution in [0.3, 0.4) is 0 Å². The van der Waals surface area contributed by atoms with Crippen LogP contribution in [0.2, 0.25) is 5.02 Å². The van der Waals surface area contributed by atoms with Gasteiger partial charge in [0.2, 0.25) is 5.91 Å². The summed E-state index contributed by atoms with van der Waals surface area (Å²) in [4.78, 5) is 51.5. The zero-order chi connectivity index (χ0) is 25.8. The van der Waals surface area contributed by atoms with E-state index in [0.29, 0.717) is 5.69 Å². The molecule has 2 heterocycles. The molecule has 1 fully saturated rings. The summed E-state index contributed by atoms with van der Waals surface area (Å²) < 4.78 is 7.13. The number of nitrogens with one attached hydrogen (secondary N) is 1.